The van der Waals surface area contributed by atoms with E-state index >= 15 is 0 Å². The largest absolute Gasteiger partial charge is 0.324 e. The van der Waals surface area contributed by atoms with Crippen LogP contribution in [0.4, 0.5) is 5.69 Å². The molecule has 2 heterocycles. The molecule has 3 atom stereocenters. The lowest BCUT2D eigenvalue weighted by molar-refractivity contribution is -0.120. The lowest BCUT2D eigenvalue weighted by atomic mass is 9.83. The number of benzene rings is 3. The number of carbonyl (C=O) groups excluding carboxylic acids is 2. The zero-order valence-electron chi connectivity index (χ0n) is 21.7. The zero-order valence-corrected chi connectivity index (χ0v) is 21.7. The van der Waals surface area contributed by atoms with Crippen LogP contribution in [-0.4, -0.2) is 49.4 Å². The summed E-state index contributed by atoms with van der Waals surface area (Å²) in [6.45, 7) is 4.04. The molecule has 0 unspecified atom stereocenters. The summed E-state index contributed by atoms with van der Waals surface area (Å²) in [5.74, 6) is 0.737. The Morgan fingerprint density at radius 2 is 1.79 bits per heavy atom. The minimum absolute atomic E-state index is 0.0581. The molecule has 8 heteroatoms. The highest BCUT2D eigenvalue weighted by Gasteiger charge is 2.47. The summed E-state index contributed by atoms with van der Waals surface area (Å²) in [6, 6.07) is 21.2. The first kappa shape index (κ1) is 24.3. The maximum absolute atomic E-state index is 14.0. The SMILES string of the molecule is CC(C)(c1cccc(NC(=O)[C@@H]2C[C@@H]3CCCC[C@@H]3N2C(=O)c2ccc3ccccc3c2)c1)c1nn[nH]n1. The van der Waals surface area contributed by atoms with E-state index < -0.39 is 11.5 Å². The molecule has 1 saturated heterocycles. The standard InChI is InChI=1S/C30H32N6O2/c1-30(2,29-32-34-35-33-29)23-11-7-12-24(18-23)31-27(37)26-17-21-10-5-6-13-25(21)36(26)28(38)22-15-14-19-8-3-4-9-20(19)16-22/h3-4,7-9,11-12,14-16,18,21,25-26H,5-6,10,13,17H2,1-2H3,(H,31,37)(H,32,33,34,35)/t21-,25-,26-/m0/s1. The summed E-state index contributed by atoms with van der Waals surface area (Å²) in [4.78, 5) is 29.6. The molecule has 194 valence electrons. The number of nitrogens with one attached hydrogen (secondary N) is 2. The Morgan fingerprint density at radius 1 is 0.974 bits per heavy atom. The molecule has 2 N–H and O–H groups in total. The molecule has 4 aromatic rings. The van der Waals surface area contributed by atoms with Crippen LogP contribution in [0.15, 0.2) is 66.7 Å². The number of likely N-dealkylation sites (tertiary alicyclic amines) is 1. The van der Waals surface area contributed by atoms with Gasteiger partial charge >= 0.3 is 0 Å². The van der Waals surface area contributed by atoms with E-state index in [0.717, 1.165) is 42.0 Å². The Bertz CT molecular complexity index is 1480. The Kier molecular flexibility index (Phi) is 6.18. The maximum atomic E-state index is 14.0. The predicted molar refractivity (Wildman–Crippen MR) is 146 cm³/mol. The average molecular weight is 509 g/mol. The number of H-pyrrole nitrogens is 1. The third kappa shape index (κ3) is 4.34. The quantitative estimate of drug-likeness (QED) is 0.391. The number of hydrogen-bond acceptors (Lipinski definition) is 5. The van der Waals surface area contributed by atoms with Gasteiger partial charge in [-0.3, -0.25) is 9.59 Å². The van der Waals surface area contributed by atoms with E-state index in [1.807, 2.05) is 85.5 Å². The second-order valence-corrected chi connectivity index (χ2v) is 11.1. The van der Waals surface area contributed by atoms with E-state index in [2.05, 4.69) is 25.9 Å². The molecule has 0 spiro atoms. The topological polar surface area (TPSA) is 104 Å². The van der Waals surface area contributed by atoms with Gasteiger partial charge < -0.3 is 10.2 Å². The summed E-state index contributed by atoms with van der Waals surface area (Å²) in [5, 5.41) is 19.8. The van der Waals surface area contributed by atoms with Crippen molar-refractivity contribution in [2.75, 3.05) is 5.32 Å². The molecule has 1 aliphatic heterocycles. The van der Waals surface area contributed by atoms with Crippen LogP contribution < -0.4 is 5.32 Å². The highest BCUT2D eigenvalue weighted by atomic mass is 16.2. The van der Waals surface area contributed by atoms with Crippen molar-refractivity contribution in [1.29, 1.82) is 0 Å². The van der Waals surface area contributed by atoms with E-state index in [-0.39, 0.29) is 17.9 Å². The Balaban J connectivity index is 1.28. The van der Waals surface area contributed by atoms with Gasteiger partial charge in [0.2, 0.25) is 5.91 Å². The zero-order chi connectivity index (χ0) is 26.3. The number of rotatable bonds is 5. The van der Waals surface area contributed by atoms with Gasteiger partial charge in [-0.1, -0.05) is 60.5 Å². The average Bonchev–Trinajstić information content (AvgIpc) is 3.62. The highest BCUT2D eigenvalue weighted by molar-refractivity contribution is 6.03. The number of carbonyl (C=O) groups is 2. The first-order chi connectivity index (χ1) is 18.4. The molecule has 2 aliphatic rings. The van der Waals surface area contributed by atoms with Crippen molar-refractivity contribution in [2.24, 2.45) is 5.92 Å². The number of aromatic amines is 1. The molecule has 1 aliphatic carbocycles. The predicted octanol–water partition coefficient (Wildman–Crippen LogP) is 5.09. The molecule has 8 nitrogen and oxygen atoms in total. The van der Waals surface area contributed by atoms with E-state index in [1.165, 1.54) is 0 Å². The van der Waals surface area contributed by atoms with Gasteiger partial charge in [-0.05, 0) is 79.6 Å². The summed E-state index contributed by atoms with van der Waals surface area (Å²) in [7, 11) is 0. The summed E-state index contributed by atoms with van der Waals surface area (Å²) >= 11 is 0. The van der Waals surface area contributed by atoms with Crippen molar-refractivity contribution in [3.8, 4) is 0 Å². The summed E-state index contributed by atoms with van der Waals surface area (Å²) < 4.78 is 0. The minimum Gasteiger partial charge on any atom is -0.324 e. The maximum Gasteiger partial charge on any atom is 0.254 e. The van der Waals surface area contributed by atoms with Gasteiger partial charge in [-0.25, -0.2) is 0 Å². The third-order valence-corrected chi connectivity index (χ3v) is 8.38. The van der Waals surface area contributed by atoms with Gasteiger partial charge in [0.25, 0.3) is 5.91 Å². The fourth-order valence-corrected chi connectivity index (χ4v) is 6.22. The van der Waals surface area contributed by atoms with Gasteiger partial charge in [0.05, 0.1) is 5.41 Å². The molecule has 1 saturated carbocycles. The van der Waals surface area contributed by atoms with Crippen LogP contribution in [0.5, 0.6) is 0 Å². The molecule has 6 rings (SSSR count). The van der Waals surface area contributed by atoms with Crippen LogP contribution in [0.1, 0.15) is 67.7 Å². The van der Waals surface area contributed by atoms with Crippen LogP contribution in [0.3, 0.4) is 0 Å². The monoisotopic (exact) mass is 508 g/mol. The Hall–Kier alpha value is -4.07. The first-order valence-corrected chi connectivity index (χ1v) is 13.4. The number of tetrazole rings is 1. The molecule has 3 aromatic carbocycles. The Labute approximate surface area is 221 Å². The fourth-order valence-electron chi connectivity index (χ4n) is 6.22. The molecular weight excluding hydrogens is 476 g/mol. The van der Waals surface area contributed by atoms with Crippen LogP contribution >= 0.6 is 0 Å². The van der Waals surface area contributed by atoms with E-state index in [0.29, 0.717) is 29.4 Å². The number of fused-ring (bicyclic) bond motifs is 2. The Morgan fingerprint density at radius 3 is 2.61 bits per heavy atom. The fraction of sp³-hybridized carbons (Fsp3) is 0.367. The lowest BCUT2D eigenvalue weighted by Gasteiger charge is -2.33. The van der Waals surface area contributed by atoms with Crippen molar-refractivity contribution < 1.29 is 9.59 Å². The highest BCUT2D eigenvalue weighted by Crippen LogP contribution is 2.41. The summed E-state index contributed by atoms with van der Waals surface area (Å²) in [6.07, 6.45) is 4.95. The van der Waals surface area contributed by atoms with Crippen molar-refractivity contribution in [3.05, 3.63) is 83.7 Å². The van der Waals surface area contributed by atoms with Gasteiger partial charge in [-0.15, -0.1) is 10.2 Å². The van der Waals surface area contributed by atoms with Crippen molar-refractivity contribution in [3.63, 3.8) is 0 Å². The number of nitrogens with zero attached hydrogens (tertiary/aromatic N) is 4. The van der Waals surface area contributed by atoms with Gasteiger partial charge in [0.1, 0.15) is 6.04 Å². The third-order valence-electron chi connectivity index (χ3n) is 8.38. The van der Waals surface area contributed by atoms with E-state index in [9.17, 15) is 9.59 Å². The molecule has 0 radical (unpaired) electrons. The summed E-state index contributed by atoms with van der Waals surface area (Å²) in [5.41, 5.74) is 1.79. The van der Waals surface area contributed by atoms with Crippen molar-refractivity contribution >= 4 is 28.3 Å². The molecule has 1 aromatic heterocycles. The van der Waals surface area contributed by atoms with Crippen molar-refractivity contribution in [1.82, 2.24) is 25.5 Å². The molecule has 0 bridgehead atoms. The van der Waals surface area contributed by atoms with Crippen molar-refractivity contribution in [2.45, 2.75) is 63.5 Å². The normalized spacial score (nSPS) is 21.3. The van der Waals surface area contributed by atoms with Gasteiger partial charge in [0.15, 0.2) is 5.82 Å². The van der Waals surface area contributed by atoms with Crippen LogP contribution in [0.2, 0.25) is 0 Å². The van der Waals surface area contributed by atoms with E-state index in [1.54, 1.807) is 0 Å². The first-order valence-electron chi connectivity index (χ1n) is 13.4. The second-order valence-electron chi connectivity index (χ2n) is 11.1. The van der Waals surface area contributed by atoms with E-state index in [4.69, 9.17) is 0 Å². The minimum atomic E-state index is -0.504. The molecular formula is C30H32N6O2. The molecule has 2 amide bonds. The molecule has 2 fully saturated rings. The van der Waals surface area contributed by atoms with Crippen LogP contribution in [0, 0.1) is 5.92 Å². The van der Waals surface area contributed by atoms with Crippen LogP contribution in [-0.2, 0) is 10.2 Å². The number of hydrogen-bond donors (Lipinski definition) is 2. The second kappa shape index (κ2) is 9.67. The van der Waals surface area contributed by atoms with Gasteiger partial charge in [-0.2, -0.15) is 5.21 Å². The number of aromatic nitrogens is 4. The van der Waals surface area contributed by atoms with Crippen LogP contribution in [0.25, 0.3) is 10.8 Å². The number of anilines is 1. The van der Waals surface area contributed by atoms with Gasteiger partial charge in [0, 0.05) is 17.3 Å². The smallest absolute Gasteiger partial charge is 0.254 e. The number of amides is 2. The molecule has 38 heavy (non-hydrogen) atoms. The lowest BCUT2D eigenvalue weighted by Crippen LogP contribution is -2.47.